The van der Waals surface area contributed by atoms with Crippen LogP contribution in [0.25, 0.3) is 10.4 Å². The van der Waals surface area contributed by atoms with Gasteiger partial charge >= 0.3 is 6.09 Å². The largest absolute Gasteiger partial charge is 0.488 e. The fourth-order valence-corrected chi connectivity index (χ4v) is 2.57. The molecule has 0 unspecified atom stereocenters. The van der Waals surface area contributed by atoms with Crippen LogP contribution in [0, 0.1) is 10.1 Å². The van der Waals surface area contributed by atoms with E-state index in [2.05, 4.69) is 15.3 Å². The molecule has 0 spiro atoms. The number of amides is 1. The van der Waals surface area contributed by atoms with Crippen molar-refractivity contribution in [3.05, 3.63) is 74.7 Å². The molecule has 1 N–H and O–H groups in total. The average Bonchev–Trinajstić information content (AvgIpc) is 2.67. The summed E-state index contributed by atoms with van der Waals surface area (Å²) in [5.41, 5.74) is 9.10. The molecule has 0 aliphatic rings. The summed E-state index contributed by atoms with van der Waals surface area (Å²) in [7, 11) is 0. The highest BCUT2D eigenvalue weighted by Crippen LogP contribution is 2.20. The van der Waals surface area contributed by atoms with Crippen molar-refractivity contribution in [1.29, 1.82) is 0 Å². The van der Waals surface area contributed by atoms with E-state index < -0.39 is 17.1 Å². The number of nitro groups is 1. The average molecular weight is 429 g/mol. The van der Waals surface area contributed by atoms with Gasteiger partial charge in [0.25, 0.3) is 5.69 Å². The van der Waals surface area contributed by atoms with Gasteiger partial charge in [0.05, 0.1) is 4.92 Å². The Morgan fingerprint density at radius 3 is 2.26 bits per heavy atom. The van der Waals surface area contributed by atoms with Crippen LogP contribution in [0.1, 0.15) is 33.8 Å². The molecular formula is C21H27N5O5. The van der Waals surface area contributed by atoms with E-state index in [1.807, 2.05) is 45.0 Å². The van der Waals surface area contributed by atoms with Crippen molar-refractivity contribution < 1.29 is 19.2 Å². The van der Waals surface area contributed by atoms with Gasteiger partial charge in [-0.1, -0.05) is 24.7 Å². The summed E-state index contributed by atoms with van der Waals surface area (Å²) in [4.78, 5) is 25.1. The Balaban J connectivity index is 0.00000480. The van der Waals surface area contributed by atoms with Gasteiger partial charge in [-0.3, -0.25) is 10.1 Å². The lowest BCUT2D eigenvalue weighted by molar-refractivity contribution is -0.384. The van der Waals surface area contributed by atoms with Gasteiger partial charge in [-0.25, -0.2) is 4.79 Å². The number of rotatable bonds is 8. The van der Waals surface area contributed by atoms with Crippen molar-refractivity contribution in [2.24, 2.45) is 5.11 Å². The zero-order chi connectivity index (χ0) is 22.1. The second-order valence-electron chi connectivity index (χ2n) is 7.46. The van der Waals surface area contributed by atoms with E-state index in [-0.39, 0.29) is 31.0 Å². The predicted molar refractivity (Wildman–Crippen MR) is 117 cm³/mol. The van der Waals surface area contributed by atoms with Crippen LogP contribution in [-0.4, -0.2) is 29.2 Å². The third kappa shape index (κ3) is 9.05. The molecule has 0 heterocycles. The van der Waals surface area contributed by atoms with Gasteiger partial charge in [0, 0.05) is 29.6 Å². The number of benzene rings is 2. The lowest BCUT2D eigenvalue weighted by Crippen LogP contribution is -2.40. The molecular weight excluding hydrogens is 402 g/mol. The Morgan fingerprint density at radius 1 is 1.16 bits per heavy atom. The van der Waals surface area contributed by atoms with E-state index in [1.165, 1.54) is 24.3 Å². The van der Waals surface area contributed by atoms with Crippen LogP contribution in [-0.2, 0) is 6.42 Å². The fourth-order valence-electron chi connectivity index (χ4n) is 2.57. The molecule has 0 aliphatic carbocycles. The Bertz CT molecular complexity index is 917. The van der Waals surface area contributed by atoms with Crippen molar-refractivity contribution in [3.8, 4) is 11.5 Å². The fraction of sp³-hybridized carbons (Fsp3) is 0.381. The Labute approximate surface area is 181 Å². The highest BCUT2D eigenvalue weighted by atomic mass is 16.6. The molecule has 1 amide bonds. The molecule has 0 radical (unpaired) electrons. The molecule has 10 heteroatoms. The Morgan fingerprint density at radius 2 is 1.74 bits per heavy atom. The molecule has 0 fully saturated rings. The normalized spacial score (nSPS) is 11.3. The first kappa shape index (κ1) is 25.3. The van der Waals surface area contributed by atoms with Crippen LogP contribution < -0.4 is 14.8 Å². The van der Waals surface area contributed by atoms with Crippen molar-refractivity contribution in [1.82, 2.24) is 5.32 Å². The van der Waals surface area contributed by atoms with Crippen molar-refractivity contribution >= 4 is 11.8 Å². The van der Waals surface area contributed by atoms with Crippen LogP contribution in [0.2, 0.25) is 0 Å². The van der Waals surface area contributed by atoms with Gasteiger partial charge < -0.3 is 14.8 Å². The van der Waals surface area contributed by atoms with Gasteiger partial charge in [-0.05, 0) is 62.6 Å². The van der Waals surface area contributed by atoms with Gasteiger partial charge in [0.2, 0.25) is 0 Å². The molecule has 10 nitrogen and oxygen atoms in total. The maximum Gasteiger partial charge on any atom is 0.412 e. The van der Waals surface area contributed by atoms with E-state index in [9.17, 15) is 14.9 Å². The molecule has 0 bridgehead atoms. The maximum absolute atomic E-state index is 12.2. The van der Waals surface area contributed by atoms with E-state index in [0.717, 1.165) is 11.3 Å². The van der Waals surface area contributed by atoms with Crippen molar-refractivity contribution in [2.45, 2.75) is 46.3 Å². The minimum Gasteiger partial charge on any atom is -0.488 e. The highest BCUT2D eigenvalue weighted by Gasteiger charge is 2.16. The first-order valence-electron chi connectivity index (χ1n) is 9.18. The number of azide groups is 1. The number of nitro benzene ring substituents is 1. The van der Waals surface area contributed by atoms with E-state index in [1.54, 1.807) is 0 Å². The lowest BCUT2D eigenvalue weighted by Gasteiger charge is -2.21. The Kier molecular flexibility index (Phi) is 9.30. The topological polar surface area (TPSA) is 139 Å². The summed E-state index contributed by atoms with van der Waals surface area (Å²) in [5, 5.41) is 16.9. The van der Waals surface area contributed by atoms with E-state index in [4.69, 9.17) is 15.0 Å². The molecule has 1 atom stereocenters. The van der Waals surface area contributed by atoms with Crippen molar-refractivity contribution in [3.63, 3.8) is 0 Å². The molecule has 0 saturated carbocycles. The number of nitrogens with one attached hydrogen (secondary N) is 1. The summed E-state index contributed by atoms with van der Waals surface area (Å²) in [6.45, 7) is 5.90. The molecule has 0 saturated heterocycles. The minimum absolute atomic E-state index is 0. The highest BCUT2D eigenvalue weighted by molar-refractivity contribution is 5.70. The zero-order valence-corrected chi connectivity index (χ0v) is 16.9. The molecule has 0 aromatic heterocycles. The Hall–Kier alpha value is -3.78. The van der Waals surface area contributed by atoms with Gasteiger partial charge in [0.15, 0.2) is 0 Å². The number of nitrogens with zero attached hydrogens (tertiary/aromatic N) is 4. The summed E-state index contributed by atoms with van der Waals surface area (Å²) < 4.78 is 10.9. The maximum atomic E-state index is 12.2. The van der Waals surface area contributed by atoms with Crippen LogP contribution in [0.3, 0.4) is 0 Å². The number of carbonyl (C=O) groups excluding carboxylic acids is 1. The summed E-state index contributed by atoms with van der Waals surface area (Å²) in [6.07, 6.45) is -0.348. The SMILES string of the molecule is C.CC(C)(C)Oc1ccc(C[C@@H](CN=[N+]=[N-])NC(=O)Oc2ccc([N+](=O)[O-])cc2)cc1. The molecule has 2 aromatic rings. The van der Waals surface area contributed by atoms with Crippen molar-refractivity contribution in [2.75, 3.05) is 6.54 Å². The second kappa shape index (κ2) is 11.4. The zero-order valence-electron chi connectivity index (χ0n) is 16.9. The summed E-state index contributed by atoms with van der Waals surface area (Å²) in [6, 6.07) is 12.0. The smallest absolute Gasteiger partial charge is 0.412 e. The van der Waals surface area contributed by atoms with Crippen LogP contribution in [0.4, 0.5) is 10.5 Å². The number of non-ortho nitro benzene ring substituents is 1. The molecule has 166 valence electrons. The van der Waals surface area contributed by atoms with E-state index >= 15 is 0 Å². The standard InChI is InChI=1S/C20H23N5O5.CH4/c1-20(2,3)30-18-8-4-14(5-9-18)12-15(13-22-24-21)23-19(26)29-17-10-6-16(7-11-17)25(27)28;/h4-11,15H,12-13H2,1-3H3,(H,23,26);1H4/t15-;/m0./s1. The summed E-state index contributed by atoms with van der Waals surface area (Å²) >= 11 is 0. The van der Waals surface area contributed by atoms with Crippen LogP contribution in [0.15, 0.2) is 53.6 Å². The third-order valence-corrected chi connectivity index (χ3v) is 3.77. The quantitative estimate of drug-likeness (QED) is 0.196. The second-order valence-corrected chi connectivity index (χ2v) is 7.46. The van der Waals surface area contributed by atoms with Gasteiger partial charge in [-0.2, -0.15) is 0 Å². The number of carbonyl (C=O) groups is 1. The number of hydrogen-bond acceptors (Lipinski definition) is 6. The number of hydrogen-bond donors (Lipinski definition) is 1. The molecule has 0 aliphatic heterocycles. The minimum atomic E-state index is -0.755. The molecule has 31 heavy (non-hydrogen) atoms. The van der Waals surface area contributed by atoms with Crippen LogP contribution in [0.5, 0.6) is 11.5 Å². The first-order valence-corrected chi connectivity index (χ1v) is 9.18. The lowest BCUT2D eigenvalue weighted by atomic mass is 10.1. The molecule has 2 aromatic carbocycles. The number of ether oxygens (including phenoxy) is 2. The predicted octanol–water partition coefficient (Wildman–Crippen LogP) is 5.42. The van der Waals surface area contributed by atoms with E-state index in [0.29, 0.717) is 6.42 Å². The van der Waals surface area contributed by atoms with Crippen LogP contribution >= 0.6 is 0 Å². The van der Waals surface area contributed by atoms with Gasteiger partial charge in [-0.15, -0.1) is 0 Å². The monoisotopic (exact) mass is 429 g/mol. The van der Waals surface area contributed by atoms with Gasteiger partial charge in [0.1, 0.15) is 17.1 Å². The first-order chi connectivity index (χ1) is 14.2. The molecule has 2 rings (SSSR count). The third-order valence-electron chi connectivity index (χ3n) is 3.77. The summed E-state index contributed by atoms with van der Waals surface area (Å²) in [5.74, 6) is 0.882.